The van der Waals surface area contributed by atoms with Crippen molar-refractivity contribution in [3.05, 3.63) is 58.8 Å². The molecule has 2 nitrogen and oxygen atoms in total. The molecule has 0 bridgehead atoms. The van der Waals surface area contributed by atoms with E-state index in [0.29, 0.717) is 0 Å². The number of hydrogen-bond donors (Lipinski definition) is 1. The Morgan fingerprint density at radius 3 is 2.68 bits per heavy atom. The quantitative estimate of drug-likeness (QED) is 0.880. The highest BCUT2D eigenvalue weighted by Gasteiger charge is 2.20. The summed E-state index contributed by atoms with van der Waals surface area (Å²) < 4.78 is 19.0. The Labute approximate surface area is 113 Å². The van der Waals surface area contributed by atoms with E-state index in [-0.39, 0.29) is 11.9 Å². The minimum atomic E-state index is -0.204. The van der Waals surface area contributed by atoms with Crippen LogP contribution in [0.25, 0.3) is 0 Å². The molecule has 0 spiro atoms. The smallest absolute Gasteiger partial charge is 0.123 e. The van der Waals surface area contributed by atoms with Crippen LogP contribution < -0.4 is 5.32 Å². The first-order valence-corrected chi connectivity index (χ1v) is 6.73. The van der Waals surface area contributed by atoms with E-state index in [1.807, 2.05) is 26.0 Å². The Bertz CT molecular complexity index is 547. The Kier molecular flexibility index (Phi) is 4.38. The van der Waals surface area contributed by atoms with Gasteiger partial charge in [-0.05, 0) is 42.8 Å². The van der Waals surface area contributed by atoms with E-state index in [1.54, 1.807) is 12.3 Å². The first-order valence-electron chi connectivity index (χ1n) is 6.73. The fourth-order valence-electron chi connectivity index (χ4n) is 2.41. The van der Waals surface area contributed by atoms with E-state index in [9.17, 15) is 4.39 Å². The summed E-state index contributed by atoms with van der Waals surface area (Å²) in [5.41, 5.74) is 3.15. The van der Waals surface area contributed by atoms with Crippen molar-refractivity contribution in [2.24, 2.45) is 0 Å². The maximum Gasteiger partial charge on any atom is 0.123 e. The number of benzene rings is 1. The number of hydrogen-bond acceptors (Lipinski definition) is 2. The van der Waals surface area contributed by atoms with Crippen molar-refractivity contribution >= 4 is 0 Å². The van der Waals surface area contributed by atoms with Crippen LogP contribution in [-0.4, -0.2) is 6.54 Å². The molecule has 1 N–H and O–H groups in total. The molecular formula is C16H20FNO. The molecule has 0 saturated heterocycles. The Balaban J connectivity index is 2.48. The van der Waals surface area contributed by atoms with Crippen LogP contribution >= 0.6 is 0 Å². The lowest BCUT2D eigenvalue weighted by atomic mass is 9.94. The first kappa shape index (κ1) is 13.8. The van der Waals surface area contributed by atoms with Gasteiger partial charge in [-0.25, -0.2) is 4.39 Å². The van der Waals surface area contributed by atoms with Crippen molar-refractivity contribution in [2.75, 3.05) is 6.54 Å². The predicted molar refractivity (Wildman–Crippen MR) is 74.7 cm³/mol. The molecule has 0 saturated carbocycles. The van der Waals surface area contributed by atoms with Gasteiger partial charge in [0.05, 0.1) is 12.3 Å². The highest BCUT2D eigenvalue weighted by atomic mass is 19.1. The van der Waals surface area contributed by atoms with Gasteiger partial charge in [-0.2, -0.15) is 0 Å². The summed E-state index contributed by atoms with van der Waals surface area (Å²) in [5, 5.41) is 3.42. The molecule has 1 heterocycles. The topological polar surface area (TPSA) is 25.2 Å². The maximum absolute atomic E-state index is 13.5. The maximum atomic E-state index is 13.5. The van der Waals surface area contributed by atoms with Crippen LogP contribution in [0.1, 0.15) is 42.3 Å². The molecule has 0 aliphatic rings. The van der Waals surface area contributed by atoms with Gasteiger partial charge in [0.1, 0.15) is 11.6 Å². The number of nitrogens with one attached hydrogen (secondary N) is 1. The van der Waals surface area contributed by atoms with E-state index < -0.39 is 0 Å². The second kappa shape index (κ2) is 6.02. The van der Waals surface area contributed by atoms with Gasteiger partial charge < -0.3 is 9.73 Å². The van der Waals surface area contributed by atoms with Crippen molar-refractivity contribution in [3.63, 3.8) is 0 Å². The molecule has 0 amide bonds. The van der Waals surface area contributed by atoms with Crippen molar-refractivity contribution in [1.82, 2.24) is 5.32 Å². The molecule has 1 aromatic heterocycles. The normalized spacial score (nSPS) is 12.6. The largest absolute Gasteiger partial charge is 0.469 e. The number of halogens is 1. The zero-order chi connectivity index (χ0) is 13.8. The third-order valence-electron chi connectivity index (χ3n) is 3.37. The van der Waals surface area contributed by atoms with Crippen molar-refractivity contribution in [2.45, 2.75) is 33.2 Å². The molecule has 2 aromatic rings. The van der Waals surface area contributed by atoms with Gasteiger partial charge >= 0.3 is 0 Å². The molecule has 0 radical (unpaired) electrons. The summed E-state index contributed by atoms with van der Waals surface area (Å²) in [6.45, 7) is 6.93. The van der Waals surface area contributed by atoms with Crippen LogP contribution in [0.2, 0.25) is 0 Å². The van der Waals surface area contributed by atoms with Crippen LogP contribution in [0, 0.1) is 12.7 Å². The summed E-state index contributed by atoms with van der Waals surface area (Å²) in [6, 6.07) is 6.87. The second-order valence-corrected chi connectivity index (χ2v) is 4.64. The third-order valence-corrected chi connectivity index (χ3v) is 3.37. The molecule has 2 rings (SSSR count). The molecule has 1 aromatic carbocycles. The molecule has 1 atom stereocenters. The fourth-order valence-corrected chi connectivity index (χ4v) is 2.41. The van der Waals surface area contributed by atoms with E-state index in [2.05, 4.69) is 12.2 Å². The highest BCUT2D eigenvalue weighted by Crippen LogP contribution is 2.29. The lowest BCUT2D eigenvalue weighted by molar-refractivity contribution is 0.501. The summed E-state index contributed by atoms with van der Waals surface area (Å²) in [4.78, 5) is 0. The summed E-state index contributed by atoms with van der Waals surface area (Å²) >= 11 is 0. The van der Waals surface area contributed by atoms with Crippen LogP contribution in [0.5, 0.6) is 0 Å². The van der Waals surface area contributed by atoms with Gasteiger partial charge in [-0.15, -0.1) is 0 Å². The Morgan fingerprint density at radius 2 is 2.00 bits per heavy atom. The van der Waals surface area contributed by atoms with Crippen LogP contribution in [0.4, 0.5) is 4.39 Å². The standard InChI is InChI=1S/C16H20FNO/c1-4-15-13(8-9-19-15)16(18-5-2)14-10-12(17)7-6-11(14)3/h6-10,16,18H,4-5H2,1-3H3. The summed E-state index contributed by atoms with van der Waals surface area (Å²) in [5.74, 6) is 0.750. The minimum Gasteiger partial charge on any atom is -0.469 e. The van der Waals surface area contributed by atoms with Gasteiger partial charge in [0.25, 0.3) is 0 Å². The second-order valence-electron chi connectivity index (χ2n) is 4.64. The van der Waals surface area contributed by atoms with Crippen molar-refractivity contribution < 1.29 is 8.81 Å². The SMILES string of the molecule is CCNC(c1cc(F)ccc1C)c1ccoc1CC. The average Bonchev–Trinajstić information content (AvgIpc) is 2.87. The predicted octanol–water partition coefficient (Wildman–Crippen LogP) is 3.99. The van der Waals surface area contributed by atoms with E-state index in [1.165, 1.54) is 6.07 Å². The molecule has 3 heteroatoms. The minimum absolute atomic E-state index is 0.0191. The zero-order valence-electron chi connectivity index (χ0n) is 11.7. The summed E-state index contributed by atoms with van der Waals surface area (Å²) in [6.07, 6.45) is 2.53. The molecule has 0 aliphatic heterocycles. The van der Waals surface area contributed by atoms with Crippen LogP contribution in [0.15, 0.2) is 34.9 Å². The van der Waals surface area contributed by atoms with Crippen LogP contribution in [-0.2, 0) is 6.42 Å². The van der Waals surface area contributed by atoms with Gasteiger partial charge in [-0.3, -0.25) is 0 Å². The van der Waals surface area contributed by atoms with E-state index in [0.717, 1.165) is 35.4 Å². The van der Waals surface area contributed by atoms with Gasteiger partial charge in [-0.1, -0.05) is 19.9 Å². The Morgan fingerprint density at radius 1 is 1.21 bits per heavy atom. The van der Waals surface area contributed by atoms with Gasteiger partial charge in [0.15, 0.2) is 0 Å². The van der Waals surface area contributed by atoms with E-state index >= 15 is 0 Å². The van der Waals surface area contributed by atoms with Crippen molar-refractivity contribution in [3.8, 4) is 0 Å². The lowest BCUT2D eigenvalue weighted by Crippen LogP contribution is -2.23. The zero-order valence-corrected chi connectivity index (χ0v) is 11.7. The highest BCUT2D eigenvalue weighted by molar-refractivity contribution is 5.38. The molecule has 102 valence electrons. The van der Waals surface area contributed by atoms with Crippen LogP contribution in [0.3, 0.4) is 0 Å². The lowest BCUT2D eigenvalue weighted by Gasteiger charge is -2.20. The molecular weight excluding hydrogens is 241 g/mol. The molecule has 1 unspecified atom stereocenters. The number of furan rings is 1. The Hall–Kier alpha value is -1.61. The number of rotatable bonds is 5. The monoisotopic (exact) mass is 261 g/mol. The first-order chi connectivity index (χ1) is 9.17. The van der Waals surface area contributed by atoms with Gasteiger partial charge in [0, 0.05) is 12.0 Å². The molecule has 0 fully saturated rings. The van der Waals surface area contributed by atoms with Gasteiger partial charge in [0.2, 0.25) is 0 Å². The third kappa shape index (κ3) is 2.87. The number of aryl methyl sites for hydroxylation is 2. The molecule has 19 heavy (non-hydrogen) atoms. The average molecular weight is 261 g/mol. The summed E-state index contributed by atoms with van der Waals surface area (Å²) in [7, 11) is 0. The van der Waals surface area contributed by atoms with E-state index in [4.69, 9.17) is 4.42 Å². The van der Waals surface area contributed by atoms with Crippen molar-refractivity contribution in [1.29, 1.82) is 0 Å². The fraction of sp³-hybridized carbons (Fsp3) is 0.375. The molecule has 0 aliphatic carbocycles.